The first-order valence-corrected chi connectivity index (χ1v) is 10.3. The molecule has 0 unspecified atom stereocenters. The summed E-state index contributed by atoms with van der Waals surface area (Å²) in [5.41, 5.74) is 4.30. The van der Waals surface area contributed by atoms with Crippen LogP contribution in [-0.2, 0) is 11.8 Å². The van der Waals surface area contributed by atoms with Gasteiger partial charge in [0.2, 0.25) is 0 Å². The van der Waals surface area contributed by atoms with E-state index in [4.69, 9.17) is 4.74 Å². The van der Waals surface area contributed by atoms with Crippen molar-refractivity contribution in [3.05, 3.63) is 41.7 Å². The van der Waals surface area contributed by atoms with Crippen molar-refractivity contribution in [3.8, 4) is 11.1 Å². The van der Waals surface area contributed by atoms with E-state index in [2.05, 4.69) is 33.2 Å². The van der Waals surface area contributed by atoms with Crippen LogP contribution in [0.1, 0.15) is 37.1 Å². The SMILES string of the molecule is Cc1c(-c2cccc([C@H](C)NC3NC(=O)N(C4CCOCC4)C(=O)N3)c2)cnn1C. The number of urea groups is 2. The zero-order valence-corrected chi connectivity index (χ0v) is 17.5. The Kier molecular flexibility index (Phi) is 5.74. The largest absolute Gasteiger partial charge is 0.381 e. The van der Waals surface area contributed by atoms with E-state index in [1.165, 1.54) is 4.90 Å². The Morgan fingerprint density at radius 1 is 1.20 bits per heavy atom. The molecule has 4 rings (SSSR count). The highest BCUT2D eigenvalue weighted by molar-refractivity contribution is 5.96. The molecule has 0 bridgehead atoms. The molecule has 30 heavy (non-hydrogen) atoms. The Labute approximate surface area is 175 Å². The van der Waals surface area contributed by atoms with Crippen LogP contribution in [0.15, 0.2) is 30.5 Å². The molecule has 4 amide bonds. The van der Waals surface area contributed by atoms with Gasteiger partial charge in [-0.15, -0.1) is 0 Å². The zero-order valence-electron chi connectivity index (χ0n) is 17.5. The summed E-state index contributed by atoms with van der Waals surface area (Å²) in [5.74, 6) is 0. The third-order valence-electron chi connectivity index (χ3n) is 5.88. The number of aromatic nitrogens is 2. The minimum absolute atomic E-state index is 0.0952. The topological polar surface area (TPSA) is 101 Å². The molecular weight excluding hydrogens is 384 g/mol. The molecule has 1 aromatic heterocycles. The number of imide groups is 1. The van der Waals surface area contributed by atoms with Gasteiger partial charge in [-0.25, -0.2) is 14.5 Å². The molecule has 1 aromatic carbocycles. The van der Waals surface area contributed by atoms with Crippen LogP contribution in [0.3, 0.4) is 0 Å². The lowest BCUT2D eigenvalue weighted by atomic mass is 10.0. The van der Waals surface area contributed by atoms with Gasteiger partial charge >= 0.3 is 12.1 Å². The lowest BCUT2D eigenvalue weighted by Gasteiger charge is -2.39. The molecule has 0 spiro atoms. The molecule has 0 radical (unpaired) electrons. The molecule has 160 valence electrons. The summed E-state index contributed by atoms with van der Waals surface area (Å²) in [5, 5.41) is 13.3. The van der Waals surface area contributed by atoms with Gasteiger partial charge < -0.3 is 15.4 Å². The molecular formula is C21H28N6O3. The highest BCUT2D eigenvalue weighted by Gasteiger charge is 2.37. The van der Waals surface area contributed by atoms with Crippen LogP contribution < -0.4 is 16.0 Å². The number of nitrogens with zero attached hydrogens (tertiary/aromatic N) is 3. The predicted octanol–water partition coefficient (Wildman–Crippen LogP) is 2.24. The third-order valence-corrected chi connectivity index (χ3v) is 5.88. The second-order valence-electron chi connectivity index (χ2n) is 7.83. The van der Waals surface area contributed by atoms with Crippen LogP contribution in [0.4, 0.5) is 9.59 Å². The summed E-state index contributed by atoms with van der Waals surface area (Å²) in [6.45, 7) is 5.16. The molecule has 2 saturated heterocycles. The Balaban J connectivity index is 1.43. The van der Waals surface area contributed by atoms with Crippen LogP contribution in [0, 0.1) is 6.92 Å². The standard InChI is InChI=1S/C21H28N6O3/c1-13(15-5-4-6-16(11-15)18-12-22-26(3)14(18)2)23-19-24-20(28)27(21(29)25-19)17-7-9-30-10-8-17/h4-6,11-13,17,19,23H,7-10H2,1-3H3,(H,24,28)(H,25,29)/t13-/m0/s1. The van der Waals surface area contributed by atoms with E-state index in [0.29, 0.717) is 26.1 Å². The predicted molar refractivity (Wildman–Crippen MR) is 111 cm³/mol. The average Bonchev–Trinajstić information content (AvgIpc) is 3.07. The van der Waals surface area contributed by atoms with Gasteiger partial charge in [0.15, 0.2) is 6.29 Å². The van der Waals surface area contributed by atoms with Crippen LogP contribution in [0.2, 0.25) is 0 Å². The van der Waals surface area contributed by atoms with Crippen LogP contribution in [0.5, 0.6) is 0 Å². The number of benzene rings is 1. The van der Waals surface area contributed by atoms with Crippen LogP contribution in [-0.4, -0.2) is 52.3 Å². The normalized spacial score (nSPS) is 19.5. The summed E-state index contributed by atoms with van der Waals surface area (Å²) in [6, 6.07) is 7.19. The maximum absolute atomic E-state index is 12.6. The van der Waals surface area contributed by atoms with Crippen molar-refractivity contribution >= 4 is 12.1 Å². The number of carbonyl (C=O) groups excluding carboxylic acids is 2. The maximum Gasteiger partial charge on any atom is 0.328 e. The minimum Gasteiger partial charge on any atom is -0.381 e. The van der Waals surface area contributed by atoms with E-state index >= 15 is 0 Å². The Morgan fingerprint density at radius 3 is 2.53 bits per heavy atom. The smallest absolute Gasteiger partial charge is 0.328 e. The van der Waals surface area contributed by atoms with Gasteiger partial charge in [0.1, 0.15) is 0 Å². The van der Waals surface area contributed by atoms with E-state index in [1.54, 1.807) is 0 Å². The summed E-state index contributed by atoms with van der Waals surface area (Å²) in [6.07, 6.45) is 2.55. The van der Waals surface area contributed by atoms with E-state index in [1.807, 2.05) is 43.9 Å². The summed E-state index contributed by atoms with van der Waals surface area (Å²) < 4.78 is 7.17. The van der Waals surface area contributed by atoms with Crippen molar-refractivity contribution in [1.82, 2.24) is 30.6 Å². The second-order valence-corrected chi connectivity index (χ2v) is 7.83. The molecule has 3 heterocycles. The Morgan fingerprint density at radius 2 is 1.90 bits per heavy atom. The highest BCUT2D eigenvalue weighted by atomic mass is 16.5. The quantitative estimate of drug-likeness (QED) is 0.699. The molecule has 2 aromatic rings. The lowest BCUT2D eigenvalue weighted by molar-refractivity contribution is 0.0492. The van der Waals surface area contributed by atoms with Crippen molar-refractivity contribution in [2.45, 2.75) is 45.1 Å². The first-order chi connectivity index (χ1) is 14.4. The van der Waals surface area contributed by atoms with Gasteiger partial charge in [0, 0.05) is 43.6 Å². The van der Waals surface area contributed by atoms with Crippen LogP contribution in [0.25, 0.3) is 11.1 Å². The zero-order chi connectivity index (χ0) is 21.3. The van der Waals surface area contributed by atoms with Crippen molar-refractivity contribution < 1.29 is 14.3 Å². The highest BCUT2D eigenvalue weighted by Crippen LogP contribution is 2.26. The average molecular weight is 412 g/mol. The minimum atomic E-state index is -0.639. The van der Waals surface area contributed by atoms with E-state index in [0.717, 1.165) is 22.4 Å². The fourth-order valence-electron chi connectivity index (χ4n) is 3.98. The number of aryl methyl sites for hydroxylation is 1. The van der Waals surface area contributed by atoms with E-state index in [-0.39, 0.29) is 24.1 Å². The van der Waals surface area contributed by atoms with Gasteiger partial charge in [-0.2, -0.15) is 5.10 Å². The summed E-state index contributed by atoms with van der Waals surface area (Å²) >= 11 is 0. The van der Waals surface area contributed by atoms with E-state index < -0.39 is 6.29 Å². The van der Waals surface area contributed by atoms with Gasteiger partial charge in [0.05, 0.1) is 6.20 Å². The monoisotopic (exact) mass is 412 g/mol. The van der Waals surface area contributed by atoms with Crippen LogP contribution >= 0.6 is 0 Å². The van der Waals surface area contributed by atoms with Crippen molar-refractivity contribution in [2.75, 3.05) is 13.2 Å². The number of hydrogen-bond acceptors (Lipinski definition) is 5. The molecule has 0 saturated carbocycles. The van der Waals surface area contributed by atoms with Gasteiger partial charge in [-0.05, 0) is 43.9 Å². The lowest BCUT2D eigenvalue weighted by Crippen LogP contribution is -2.70. The molecule has 2 aliphatic rings. The first kappa shape index (κ1) is 20.4. The molecule has 9 nitrogen and oxygen atoms in total. The molecule has 9 heteroatoms. The van der Waals surface area contributed by atoms with Gasteiger partial charge in [0.25, 0.3) is 0 Å². The maximum atomic E-state index is 12.6. The molecule has 2 aliphatic heterocycles. The van der Waals surface area contributed by atoms with E-state index in [9.17, 15) is 9.59 Å². The van der Waals surface area contributed by atoms with Crippen molar-refractivity contribution in [2.24, 2.45) is 7.05 Å². The summed E-state index contributed by atoms with van der Waals surface area (Å²) in [4.78, 5) is 26.4. The number of hydrogen-bond donors (Lipinski definition) is 3. The third kappa shape index (κ3) is 4.03. The number of amides is 4. The summed E-state index contributed by atoms with van der Waals surface area (Å²) in [7, 11) is 1.92. The fourth-order valence-corrected chi connectivity index (χ4v) is 3.98. The molecule has 3 N–H and O–H groups in total. The first-order valence-electron chi connectivity index (χ1n) is 10.3. The van der Waals surface area contributed by atoms with Crippen molar-refractivity contribution in [1.29, 1.82) is 0 Å². The molecule has 0 aliphatic carbocycles. The number of nitrogens with one attached hydrogen (secondary N) is 3. The Bertz CT molecular complexity index is 919. The second kappa shape index (κ2) is 8.45. The van der Waals surface area contributed by atoms with Gasteiger partial charge in [-0.3, -0.25) is 10.00 Å². The molecule has 1 atom stereocenters. The Hall–Kier alpha value is -2.91. The number of rotatable bonds is 5. The number of ether oxygens (including phenoxy) is 1. The molecule has 2 fully saturated rings. The van der Waals surface area contributed by atoms with Gasteiger partial charge in [-0.1, -0.05) is 18.2 Å². The number of carbonyl (C=O) groups is 2. The van der Waals surface area contributed by atoms with Crippen molar-refractivity contribution in [3.63, 3.8) is 0 Å². The fraction of sp³-hybridized carbons (Fsp3) is 0.476.